The maximum Gasteiger partial charge on any atom is 0.451 e. The zero-order valence-corrected chi connectivity index (χ0v) is 19.2. The number of amides is 2. The maximum atomic E-state index is 14.3. The van der Waals surface area contributed by atoms with Crippen LogP contribution >= 0.6 is 0 Å². The molecular formula is C22H17F7N6O3. The standard InChI is InChI=1S/C22H17F7N6O3/c1-10-15(8-30-18(10)36)19(37)33-17-5-16(11-2-12(23)4-14(3-11)38-9-21(24,25)26)35(34-17)13-6-31-20(32-7-13)22(27,28)29/h2-7,10,15H,8-9H2,1H3,(H,30,36)(H,33,34,37)/t10-,15?/m1/s1. The van der Waals surface area contributed by atoms with Crippen molar-refractivity contribution < 1.29 is 45.1 Å². The van der Waals surface area contributed by atoms with Gasteiger partial charge in [-0.1, -0.05) is 6.92 Å². The average Bonchev–Trinajstić information content (AvgIpc) is 3.39. The zero-order valence-electron chi connectivity index (χ0n) is 19.2. The Bertz CT molecular complexity index is 1350. The van der Waals surface area contributed by atoms with Crippen LogP contribution in [-0.2, 0) is 15.8 Å². The van der Waals surface area contributed by atoms with Gasteiger partial charge in [-0.05, 0) is 12.1 Å². The number of ether oxygens (including phenoxy) is 1. The molecule has 4 rings (SSSR count). The third-order valence-corrected chi connectivity index (χ3v) is 5.52. The predicted molar refractivity (Wildman–Crippen MR) is 115 cm³/mol. The molecule has 16 heteroatoms. The summed E-state index contributed by atoms with van der Waals surface area (Å²) in [5, 5.41) is 9.15. The molecule has 2 aromatic heterocycles. The van der Waals surface area contributed by atoms with Crippen LogP contribution < -0.4 is 15.4 Å². The molecule has 0 bridgehead atoms. The summed E-state index contributed by atoms with van der Waals surface area (Å²) in [5.41, 5.74) is -0.267. The molecule has 2 amide bonds. The van der Waals surface area contributed by atoms with Crippen molar-refractivity contribution in [3.63, 3.8) is 0 Å². The minimum Gasteiger partial charge on any atom is -0.484 e. The first-order chi connectivity index (χ1) is 17.7. The van der Waals surface area contributed by atoms with Crippen molar-refractivity contribution in [1.82, 2.24) is 25.1 Å². The summed E-state index contributed by atoms with van der Waals surface area (Å²) >= 11 is 0. The molecular weight excluding hydrogens is 529 g/mol. The van der Waals surface area contributed by atoms with Gasteiger partial charge in [-0.25, -0.2) is 19.0 Å². The fraction of sp³-hybridized carbons (Fsp3) is 0.318. The van der Waals surface area contributed by atoms with Gasteiger partial charge in [0.05, 0.1) is 24.0 Å². The molecule has 1 unspecified atom stereocenters. The Morgan fingerprint density at radius 3 is 2.39 bits per heavy atom. The van der Waals surface area contributed by atoms with E-state index in [-0.39, 0.29) is 35.2 Å². The van der Waals surface area contributed by atoms with E-state index in [0.29, 0.717) is 6.07 Å². The Labute approximate surface area is 209 Å². The van der Waals surface area contributed by atoms with Crippen molar-refractivity contribution in [1.29, 1.82) is 0 Å². The Morgan fingerprint density at radius 2 is 1.82 bits per heavy atom. The highest BCUT2D eigenvalue weighted by atomic mass is 19.4. The van der Waals surface area contributed by atoms with Crippen LogP contribution in [0, 0.1) is 17.7 Å². The number of nitrogens with zero attached hydrogens (tertiary/aromatic N) is 4. The van der Waals surface area contributed by atoms with E-state index in [1.807, 2.05) is 0 Å². The Kier molecular flexibility index (Phi) is 6.99. The maximum absolute atomic E-state index is 14.3. The first-order valence-electron chi connectivity index (χ1n) is 10.8. The lowest BCUT2D eigenvalue weighted by Gasteiger charge is -2.12. The number of carbonyl (C=O) groups excluding carboxylic acids is 2. The van der Waals surface area contributed by atoms with Crippen molar-refractivity contribution in [3.05, 3.63) is 48.3 Å². The number of anilines is 1. The summed E-state index contributed by atoms with van der Waals surface area (Å²) in [6, 6.07) is 3.91. The Hall–Kier alpha value is -4.24. The molecule has 1 aromatic carbocycles. The van der Waals surface area contributed by atoms with Gasteiger partial charge in [0.1, 0.15) is 17.3 Å². The van der Waals surface area contributed by atoms with Crippen LogP contribution in [0.3, 0.4) is 0 Å². The topological polar surface area (TPSA) is 111 Å². The van der Waals surface area contributed by atoms with E-state index in [1.54, 1.807) is 6.92 Å². The molecule has 38 heavy (non-hydrogen) atoms. The SMILES string of the molecule is C[C@H]1C(=O)NCC1C(=O)Nc1cc(-c2cc(F)cc(OCC(F)(F)F)c2)n(-c2cnc(C(F)(F)F)nc2)n1. The Balaban J connectivity index is 1.73. The number of alkyl halides is 6. The molecule has 0 radical (unpaired) electrons. The quantitative estimate of drug-likeness (QED) is 0.456. The molecule has 1 fully saturated rings. The first-order valence-corrected chi connectivity index (χ1v) is 10.8. The lowest BCUT2D eigenvalue weighted by molar-refractivity contribution is -0.153. The van der Waals surface area contributed by atoms with E-state index in [1.165, 1.54) is 6.07 Å². The van der Waals surface area contributed by atoms with Crippen molar-refractivity contribution in [2.24, 2.45) is 11.8 Å². The van der Waals surface area contributed by atoms with Crippen LogP contribution in [0.15, 0.2) is 36.7 Å². The third-order valence-electron chi connectivity index (χ3n) is 5.52. The highest BCUT2D eigenvalue weighted by molar-refractivity contribution is 5.98. The van der Waals surface area contributed by atoms with Crippen molar-refractivity contribution in [3.8, 4) is 22.7 Å². The summed E-state index contributed by atoms with van der Waals surface area (Å²) in [7, 11) is 0. The van der Waals surface area contributed by atoms with Gasteiger partial charge < -0.3 is 15.4 Å². The summed E-state index contributed by atoms with van der Waals surface area (Å²) in [6.07, 6.45) is -7.97. The van der Waals surface area contributed by atoms with Crippen molar-refractivity contribution in [2.45, 2.75) is 19.3 Å². The normalized spacial score (nSPS) is 17.8. The van der Waals surface area contributed by atoms with Gasteiger partial charge in [0, 0.05) is 30.2 Å². The minimum absolute atomic E-state index is 0.0475. The Morgan fingerprint density at radius 1 is 1.13 bits per heavy atom. The lowest BCUT2D eigenvalue weighted by Crippen LogP contribution is -2.28. The fourth-order valence-electron chi connectivity index (χ4n) is 3.65. The molecule has 2 N–H and O–H groups in total. The van der Waals surface area contributed by atoms with E-state index in [4.69, 9.17) is 0 Å². The van der Waals surface area contributed by atoms with Gasteiger partial charge in [-0.3, -0.25) is 9.59 Å². The number of halogens is 7. The second-order valence-corrected chi connectivity index (χ2v) is 8.30. The molecule has 0 spiro atoms. The molecule has 1 aliphatic heterocycles. The summed E-state index contributed by atoms with van der Waals surface area (Å²) in [6.45, 7) is -0.0865. The molecule has 0 aliphatic carbocycles. The van der Waals surface area contributed by atoms with E-state index in [2.05, 4.69) is 30.4 Å². The fourth-order valence-corrected chi connectivity index (χ4v) is 3.65. The predicted octanol–water partition coefficient (Wildman–Crippen LogP) is 3.75. The molecule has 1 saturated heterocycles. The number of nitrogens with one attached hydrogen (secondary N) is 2. The van der Waals surface area contributed by atoms with Crippen molar-refractivity contribution >= 4 is 17.6 Å². The number of aromatic nitrogens is 4. The van der Waals surface area contributed by atoms with Crippen LogP contribution in [0.4, 0.5) is 36.6 Å². The first kappa shape index (κ1) is 26.8. The van der Waals surface area contributed by atoms with Gasteiger partial charge in [-0.2, -0.15) is 26.3 Å². The molecule has 1 aliphatic rings. The van der Waals surface area contributed by atoms with Crippen LogP contribution in [0.5, 0.6) is 5.75 Å². The van der Waals surface area contributed by atoms with Crippen molar-refractivity contribution in [2.75, 3.05) is 18.5 Å². The number of hydrogen-bond acceptors (Lipinski definition) is 6. The molecule has 9 nitrogen and oxygen atoms in total. The summed E-state index contributed by atoms with van der Waals surface area (Å²) < 4.78 is 96.4. The van der Waals surface area contributed by atoms with Crippen LogP contribution in [0.1, 0.15) is 12.7 Å². The molecule has 3 aromatic rings. The van der Waals surface area contributed by atoms with E-state index >= 15 is 0 Å². The minimum atomic E-state index is -4.83. The lowest BCUT2D eigenvalue weighted by atomic mass is 9.97. The second kappa shape index (κ2) is 9.90. The highest BCUT2D eigenvalue weighted by Crippen LogP contribution is 2.32. The van der Waals surface area contributed by atoms with Gasteiger partial charge >= 0.3 is 12.4 Å². The molecule has 2 atom stereocenters. The smallest absolute Gasteiger partial charge is 0.451 e. The zero-order chi connectivity index (χ0) is 27.8. The third kappa shape index (κ3) is 6.00. The largest absolute Gasteiger partial charge is 0.484 e. The number of rotatable bonds is 6. The van der Waals surface area contributed by atoms with Gasteiger partial charge in [0.2, 0.25) is 17.6 Å². The van der Waals surface area contributed by atoms with Gasteiger partial charge in [0.15, 0.2) is 12.4 Å². The van der Waals surface area contributed by atoms with Gasteiger partial charge in [0.25, 0.3) is 0 Å². The summed E-state index contributed by atoms with van der Waals surface area (Å²) in [5.74, 6) is -5.36. The van der Waals surface area contributed by atoms with Crippen LogP contribution in [0.2, 0.25) is 0 Å². The number of hydrogen-bond donors (Lipinski definition) is 2. The molecule has 3 heterocycles. The number of benzene rings is 1. The van der Waals surface area contributed by atoms with E-state index in [0.717, 1.165) is 29.2 Å². The van der Waals surface area contributed by atoms with E-state index < -0.39 is 54.1 Å². The van der Waals surface area contributed by atoms with E-state index in [9.17, 15) is 40.3 Å². The highest BCUT2D eigenvalue weighted by Gasteiger charge is 2.37. The molecule has 0 saturated carbocycles. The van der Waals surface area contributed by atoms with Crippen LogP contribution in [0.25, 0.3) is 16.9 Å². The number of carbonyl (C=O) groups is 2. The van der Waals surface area contributed by atoms with Crippen LogP contribution in [-0.4, -0.2) is 50.9 Å². The second-order valence-electron chi connectivity index (χ2n) is 8.30. The average molecular weight is 546 g/mol. The summed E-state index contributed by atoms with van der Waals surface area (Å²) in [4.78, 5) is 30.9. The van der Waals surface area contributed by atoms with Gasteiger partial charge in [-0.15, -0.1) is 5.10 Å². The molecule has 202 valence electrons. The monoisotopic (exact) mass is 546 g/mol.